The first kappa shape index (κ1) is 19.3. The molecular formula is C24H27O2P. The molecule has 0 saturated carbocycles. The quantitative estimate of drug-likeness (QED) is 0.577. The van der Waals surface area contributed by atoms with Crippen LogP contribution in [0.5, 0.6) is 0 Å². The Morgan fingerprint density at radius 1 is 0.815 bits per heavy atom. The van der Waals surface area contributed by atoms with Gasteiger partial charge in [-0.05, 0) is 0 Å². The molecule has 3 aromatic rings. The third-order valence-corrected chi connectivity index (χ3v) is 9.19. The van der Waals surface area contributed by atoms with Crippen molar-refractivity contribution in [1.82, 2.24) is 0 Å². The molecule has 0 amide bonds. The summed E-state index contributed by atoms with van der Waals surface area (Å²) in [6.45, 7) is 8.14. The van der Waals surface area contributed by atoms with Gasteiger partial charge in [-0.2, -0.15) is 0 Å². The first-order valence-corrected chi connectivity index (χ1v) is 11.5. The maximum atomic E-state index is 13.3. The topological polar surface area (TPSA) is 26.3 Å². The molecule has 0 aliphatic heterocycles. The van der Waals surface area contributed by atoms with E-state index in [9.17, 15) is 4.79 Å². The van der Waals surface area contributed by atoms with Crippen molar-refractivity contribution in [2.45, 2.75) is 27.7 Å². The van der Waals surface area contributed by atoms with Crippen molar-refractivity contribution < 1.29 is 9.32 Å². The Hall–Kier alpha value is -2.44. The molecule has 3 heteroatoms. The molecule has 3 aromatic carbocycles. The molecule has 0 saturated heterocycles. The van der Waals surface area contributed by atoms with E-state index in [1.54, 1.807) is 0 Å². The van der Waals surface area contributed by atoms with Crippen molar-refractivity contribution in [3.05, 3.63) is 95.1 Å². The number of aryl methyl sites for hydroxylation is 3. The second kappa shape index (κ2) is 8.06. The van der Waals surface area contributed by atoms with Crippen molar-refractivity contribution in [3.63, 3.8) is 0 Å². The van der Waals surface area contributed by atoms with Gasteiger partial charge in [0, 0.05) is 0 Å². The SMILES string of the molecule is CC[PH](OC(=O)c1c(C)cc(C)cc1C)(c1ccccc1)c1ccccc1. The zero-order valence-corrected chi connectivity index (χ0v) is 17.5. The van der Waals surface area contributed by atoms with Gasteiger partial charge < -0.3 is 0 Å². The van der Waals surface area contributed by atoms with E-state index >= 15 is 0 Å². The van der Waals surface area contributed by atoms with Gasteiger partial charge in [0.1, 0.15) is 0 Å². The Kier molecular flexibility index (Phi) is 5.77. The predicted octanol–water partition coefficient (Wildman–Crippen LogP) is 5.10. The van der Waals surface area contributed by atoms with E-state index in [1.165, 1.54) is 0 Å². The molecule has 0 N–H and O–H groups in total. The zero-order chi connectivity index (χ0) is 19.4. The molecule has 0 radical (unpaired) electrons. The van der Waals surface area contributed by atoms with Crippen LogP contribution in [0, 0.1) is 20.8 Å². The minimum absolute atomic E-state index is 0.216. The molecule has 0 aliphatic carbocycles. The van der Waals surface area contributed by atoms with Gasteiger partial charge in [-0.3, -0.25) is 0 Å². The molecule has 0 fully saturated rings. The van der Waals surface area contributed by atoms with Crippen LogP contribution in [0.3, 0.4) is 0 Å². The fourth-order valence-corrected chi connectivity index (χ4v) is 7.30. The molecule has 0 aromatic heterocycles. The Bertz CT molecular complexity index is 871. The molecule has 0 aliphatic rings. The van der Waals surface area contributed by atoms with Gasteiger partial charge in [-0.1, -0.05) is 0 Å². The van der Waals surface area contributed by atoms with Crippen LogP contribution >= 0.6 is 7.49 Å². The second-order valence-electron chi connectivity index (χ2n) is 7.08. The number of hydrogen-bond donors (Lipinski definition) is 0. The average Bonchev–Trinajstić information content (AvgIpc) is 2.67. The van der Waals surface area contributed by atoms with Gasteiger partial charge in [-0.25, -0.2) is 0 Å². The second-order valence-corrected chi connectivity index (χ2v) is 10.8. The van der Waals surface area contributed by atoms with Crippen LogP contribution in [0.15, 0.2) is 72.8 Å². The molecule has 0 atom stereocenters. The fraction of sp³-hybridized carbons (Fsp3) is 0.208. The van der Waals surface area contributed by atoms with E-state index in [4.69, 9.17) is 4.52 Å². The molecule has 140 valence electrons. The molecule has 0 unspecified atom stereocenters. The van der Waals surface area contributed by atoms with Crippen LogP contribution in [0.2, 0.25) is 0 Å². The number of hydrogen-bond acceptors (Lipinski definition) is 2. The van der Waals surface area contributed by atoms with E-state index in [2.05, 4.69) is 31.2 Å². The minimum atomic E-state index is -2.68. The van der Waals surface area contributed by atoms with Gasteiger partial charge in [0.25, 0.3) is 0 Å². The maximum absolute atomic E-state index is 13.3. The van der Waals surface area contributed by atoms with Gasteiger partial charge in [0.15, 0.2) is 0 Å². The summed E-state index contributed by atoms with van der Waals surface area (Å²) in [6, 6.07) is 24.5. The van der Waals surface area contributed by atoms with Crippen molar-refractivity contribution >= 4 is 24.1 Å². The molecule has 27 heavy (non-hydrogen) atoms. The van der Waals surface area contributed by atoms with E-state index in [-0.39, 0.29) is 5.97 Å². The van der Waals surface area contributed by atoms with E-state index < -0.39 is 7.49 Å². The Balaban J connectivity index is 2.12. The molecule has 0 heterocycles. The normalized spacial score (nSPS) is 11.9. The average molecular weight is 378 g/mol. The summed E-state index contributed by atoms with van der Waals surface area (Å²) < 4.78 is 6.45. The van der Waals surface area contributed by atoms with Crippen LogP contribution in [-0.4, -0.2) is 12.1 Å². The molecule has 0 bridgehead atoms. The molecule has 2 nitrogen and oxygen atoms in total. The standard InChI is InChI=1S/C24H27O2P/c1-5-27(21-12-8-6-9-13-21,22-14-10-7-11-15-22)26-24(25)23-19(3)16-18(2)17-20(23)4/h6-17,27H,5H2,1-4H3. The Morgan fingerprint density at radius 2 is 1.26 bits per heavy atom. The number of rotatable bonds is 5. The summed E-state index contributed by atoms with van der Waals surface area (Å²) in [5, 5.41) is 2.24. The predicted molar refractivity (Wildman–Crippen MR) is 117 cm³/mol. The van der Waals surface area contributed by atoms with E-state index in [1.807, 2.05) is 69.3 Å². The zero-order valence-electron chi connectivity index (χ0n) is 16.5. The van der Waals surface area contributed by atoms with E-state index in [0.717, 1.165) is 33.5 Å². The number of carbonyl (C=O) groups is 1. The third kappa shape index (κ3) is 3.82. The molecule has 0 spiro atoms. The van der Waals surface area contributed by atoms with Crippen molar-refractivity contribution in [2.24, 2.45) is 0 Å². The number of carbonyl (C=O) groups excluding carboxylic acids is 1. The monoisotopic (exact) mass is 378 g/mol. The van der Waals surface area contributed by atoms with Crippen LogP contribution < -0.4 is 10.6 Å². The van der Waals surface area contributed by atoms with Crippen LogP contribution in [0.4, 0.5) is 0 Å². The van der Waals surface area contributed by atoms with Crippen molar-refractivity contribution in [1.29, 1.82) is 0 Å². The van der Waals surface area contributed by atoms with Crippen molar-refractivity contribution in [3.8, 4) is 0 Å². The Morgan fingerprint density at radius 3 is 1.67 bits per heavy atom. The van der Waals surface area contributed by atoms with Gasteiger partial charge in [0.05, 0.1) is 0 Å². The van der Waals surface area contributed by atoms with E-state index in [0.29, 0.717) is 5.56 Å². The summed E-state index contributed by atoms with van der Waals surface area (Å²) in [4.78, 5) is 13.3. The van der Waals surface area contributed by atoms with Gasteiger partial charge in [-0.15, -0.1) is 0 Å². The third-order valence-electron chi connectivity index (χ3n) is 5.13. The van der Waals surface area contributed by atoms with Gasteiger partial charge in [0.2, 0.25) is 0 Å². The Labute approximate surface area is 162 Å². The van der Waals surface area contributed by atoms with Gasteiger partial charge >= 0.3 is 162 Å². The van der Waals surface area contributed by atoms with Crippen molar-refractivity contribution in [2.75, 3.05) is 6.16 Å². The fourth-order valence-electron chi connectivity index (χ4n) is 3.89. The summed E-state index contributed by atoms with van der Waals surface area (Å²) in [5.74, 6) is -0.216. The van der Waals surface area contributed by atoms with Crippen LogP contribution in [-0.2, 0) is 4.52 Å². The summed E-state index contributed by atoms with van der Waals surface area (Å²) >= 11 is 0. The van der Waals surface area contributed by atoms with Crippen LogP contribution in [0.25, 0.3) is 0 Å². The summed E-state index contributed by atoms with van der Waals surface area (Å²) in [6.07, 6.45) is 0.788. The van der Waals surface area contributed by atoms with Crippen LogP contribution in [0.1, 0.15) is 34.0 Å². The summed E-state index contributed by atoms with van der Waals surface area (Å²) in [7, 11) is -2.68. The first-order valence-electron chi connectivity index (χ1n) is 9.40. The molecular weight excluding hydrogens is 351 g/mol. The first-order chi connectivity index (χ1) is 13.0. The number of benzene rings is 3. The molecule has 3 rings (SSSR count). The summed E-state index contributed by atoms with van der Waals surface area (Å²) in [5.41, 5.74) is 3.79.